The maximum Gasteiger partial charge on any atom is 0.331 e. The summed E-state index contributed by atoms with van der Waals surface area (Å²) in [5, 5.41) is 3.34. The second kappa shape index (κ2) is 9.20. The number of esters is 1. The molecule has 1 aliphatic heterocycles. The molecule has 1 fully saturated rings. The average molecular weight is 384 g/mol. The molecule has 2 aromatic rings. The largest absolute Gasteiger partial charge is 0.464 e. The van der Waals surface area contributed by atoms with Crippen LogP contribution in [0.25, 0.3) is 0 Å². The van der Waals surface area contributed by atoms with Crippen molar-refractivity contribution < 1.29 is 13.9 Å². The Morgan fingerprint density at radius 2 is 1.89 bits per heavy atom. The zero-order valence-corrected chi connectivity index (χ0v) is 16.7. The SMILES string of the molecule is CCOC(=O)C1(Nc2ccc(F)cc2)CCN(CCc2cccc(C)c2)CC1. The first kappa shape index (κ1) is 20.3. The van der Waals surface area contributed by atoms with Gasteiger partial charge in [0.25, 0.3) is 0 Å². The number of likely N-dealkylation sites (tertiary alicyclic amines) is 1. The highest BCUT2D eigenvalue weighted by molar-refractivity contribution is 5.84. The van der Waals surface area contributed by atoms with Gasteiger partial charge in [0.05, 0.1) is 6.61 Å². The molecular weight excluding hydrogens is 355 g/mol. The zero-order chi connectivity index (χ0) is 20.0. The van der Waals surface area contributed by atoms with E-state index >= 15 is 0 Å². The molecule has 0 aromatic heterocycles. The fourth-order valence-corrected chi connectivity index (χ4v) is 3.77. The van der Waals surface area contributed by atoms with E-state index in [1.54, 1.807) is 12.1 Å². The van der Waals surface area contributed by atoms with Gasteiger partial charge in [0.15, 0.2) is 0 Å². The molecule has 1 aliphatic rings. The van der Waals surface area contributed by atoms with Crippen molar-refractivity contribution in [2.24, 2.45) is 0 Å². The Kier molecular flexibility index (Phi) is 6.68. The first-order valence-corrected chi connectivity index (χ1v) is 10.00. The lowest BCUT2D eigenvalue weighted by Gasteiger charge is -2.41. The van der Waals surface area contributed by atoms with Gasteiger partial charge in [-0.05, 0) is 62.9 Å². The molecule has 0 saturated carbocycles. The number of carbonyl (C=O) groups excluding carboxylic acids is 1. The van der Waals surface area contributed by atoms with Crippen molar-refractivity contribution in [1.29, 1.82) is 0 Å². The van der Waals surface area contributed by atoms with E-state index in [-0.39, 0.29) is 11.8 Å². The van der Waals surface area contributed by atoms with Crippen LogP contribution in [0.15, 0.2) is 48.5 Å². The number of anilines is 1. The molecule has 0 radical (unpaired) electrons. The van der Waals surface area contributed by atoms with Crippen LogP contribution >= 0.6 is 0 Å². The van der Waals surface area contributed by atoms with Crippen LogP contribution < -0.4 is 5.32 Å². The molecule has 1 saturated heterocycles. The minimum atomic E-state index is -0.756. The van der Waals surface area contributed by atoms with Crippen molar-refractivity contribution in [3.63, 3.8) is 0 Å². The van der Waals surface area contributed by atoms with E-state index in [9.17, 15) is 9.18 Å². The number of piperidine rings is 1. The highest BCUT2D eigenvalue weighted by Gasteiger charge is 2.42. The van der Waals surface area contributed by atoms with Crippen LogP contribution in [-0.2, 0) is 16.0 Å². The molecule has 3 rings (SSSR count). The molecule has 2 aromatic carbocycles. The second-order valence-electron chi connectivity index (χ2n) is 7.52. The Bertz CT molecular complexity index is 783. The number of halogens is 1. The van der Waals surface area contributed by atoms with E-state index in [1.165, 1.54) is 23.3 Å². The third kappa shape index (κ3) is 5.10. The van der Waals surface area contributed by atoms with Gasteiger partial charge in [0, 0.05) is 25.3 Å². The van der Waals surface area contributed by atoms with Gasteiger partial charge in [0.1, 0.15) is 11.4 Å². The Morgan fingerprint density at radius 3 is 2.54 bits per heavy atom. The summed E-state index contributed by atoms with van der Waals surface area (Å²) in [4.78, 5) is 15.1. The second-order valence-corrected chi connectivity index (χ2v) is 7.52. The minimum Gasteiger partial charge on any atom is -0.464 e. The van der Waals surface area contributed by atoms with E-state index in [0.29, 0.717) is 19.4 Å². The number of nitrogens with zero attached hydrogens (tertiary/aromatic N) is 1. The number of benzene rings is 2. The van der Waals surface area contributed by atoms with Crippen molar-refractivity contribution >= 4 is 11.7 Å². The predicted octanol–water partition coefficient (Wildman–Crippen LogP) is 4.19. The molecule has 0 amide bonds. The lowest BCUT2D eigenvalue weighted by atomic mass is 9.86. The van der Waals surface area contributed by atoms with Gasteiger partial charge >= 0.3 is 5.97 Å². The van der Waals surface area contributed by atoms with Crippen LogP contribution in [0.1, 0.15) is 30.9 Å². The van der Waals surface area contributed by atoms with Crippen molar-refractivity contribution in [2.75, 3.05) is 31.6 Å². The number of rotatable bonds is 7. The van der Waals surface area contributed by atoms with Gasteiger partial charge in [-0.15, -0.1) is 0 Å². The molecule has 0 atom stereocenters. The summed E-state index contributed by atoms with van der Waals surface area (Å²) in [7, 11) is 0. The van der Waals surface area contributed by atoms with E-state index in [1.807, 2.05) is 6.92 Å². The summed E-state index contributed by atoms with van der Waals surface area (Å²) in [6, 6.07) is 14.7. The van der Waals surface area contributed by atoms with Crippen molar-refractivity contribution in [3.8, 4) is 0 Å². The Hall–Kier alpha value is -2.40. The summed E-state index contributed by atoms with van der Waals surface area (Å²) in [5.74, 6) is -0.514. The van der Waals surface area contributed by atoms with E-state index in [2.05, 4.69) is 41.4 Å². The highest BCUT2D eigenvalue weighted by Crippen LogP contribution is 2.29. The molecule has 1 N–H and O–H groups in total. The summed E-state index contributed by atoms with van der Waals surface area (Å²) >= 11 is 0. The number of nitrogens with one attached hydrogen (secondary N) is 1. The van der Waals surface area contributed by atoms with Crippen LogP contribution in [0.4, 0.5) is 10.1 Å². The Balaban J connectivity index is 1.63. The predicted molar refractivity (Wildman–Crippen MR) is 110 cm³/mol. The topological polar surface area (TPSA) is 41.6 Å². The van der Waals surface area contributed by atoms with E-state index in [4.69, 9.17) is 4.74 Å². The van der Waals surface area contributed by atoms with Crippen LogP contribution in [0.3, 0.4) is 0 Å². The first-order valence-electron chi connectivity index (χ1n) is 10.00. The van der Waals surface area contributed by atoms with Gasteiger partial charge in [-0.25, -0.2) is 9.18 Å². The summed E-state index contributed by atoms with van der Waals surface area (Å²) in [6.07, 6.45) is 2.33. The summed E-state index contributed by atoms with van der Waals surface area (Å²) in [6.45, 7) is 6.89. The Labute approximate surface area is 166 Å². The molecule has 150 valence electrons. The van der Waals surface area contributed by atoms with Crippen molar-refractivity contribution in [3.05, 3.63) is 65.5 Å². The van der Waals surface area contributed by atoms with Gasteiger partial charge in [-0.1, -0.05) is 29.8 Å². The van der Waals surface area contributed by atoms with Crippen LogP contribution in [-0.4, -0.2) is 42.6 Å². The van der Waals surface area contributed by atoms with Gasteiger partial charge < -0.3 is 15.0 Å². The van der Waals surface area contributed by atoms with Gasteiger partial charge in [-0.2, -0.15) is 0 Å². The van der Waals surface area contributed by atoms with Crippen LogP contribution in [0, 0.1) is 12.7 Å². The third-order valence-corrected chi connectivity index (χ3v) is 5.40. The fraction of sp³-hybridized carbons (Fsp3) is 0.435. The van der Waals surface area contributed by atoms with E-state index < -0.39 is 5.54 Å². The van der Waals surface area contributed by atoms with Gasteiger partial charge in [0.2, 0.25) is 0 Å². The van der Waals surface area contributed by atoms with Crippen molar-refractivity contribution in [1.82, 2.24) is 4.90 Å². The quantitative estimate of drug-likeness (QED) is 0.727. The monoisotopic (exact) mass is 384 g/mol. The molecule has 1 heterocycles. The highest BCUT2D eigenvalue weighted by atomic mass is 19.1. The minimum absolute atomic E-state index is 0.224. The molecule has 0 unspecified atom stereocenters. The molecule has 4 nitrogen and oxygen atoms in total. The number of hydrogen-bond acceptors (Lipinski definition) is 4. The fourth-order valence-electron chi connectivity index (χ4n) is 3.77. The molecule has 5 heteroatoms. The molecule has 0 bridgehead atoms. The lowest BCUT2D eigenvalue weighted by molar-refractivity contribution is -0.150. The van der Waals surface area contributed by atoms with Crippen LogP contribution in [0.5, 0.6) is 0 Å². The van der Waals surface area contributed by atoms with Crippen molar-refractivity contribution in [2.45, 2.75) is 38.6 Å². The number of ether oxygens (including phenoxy) is 1. The maximum atomic E-state index is 13.2. The molecule has 0 spiro atoms. The maximum absolute atomic E-state index is 13.2. The van der Waals surface area contributed by atoms with Gasteiger partial charge in [-0.3, -0.25) is 0 Å². The van der Waals surface area contributed by atoms with Crippen LogP contribution in [0.2, 0.25) is 0 Å². The molecular formula is C23H29FN2O2. The molecule has 0 aliphatic carbocycles. The van der Waals surface area contributed by atoms with E-state index in [0.717, 1.165) is 31.7 Å². The zero-order valence-electron chi connectivity index (χ0n) is 16.7. The number of carbonyl (C=O) groups is 1. The first-order chi connectivity index (χ1) is 13.5. The average Bonchev–Trinajstić information content (AvgIpc) is 2.69. The molecule has 28 heavy (non-hydrogen) atoms. The summed E-state index contributed by atoms with van der Waals surface area (Å²) < 4.78 is 18.6. The standard InChI is InChI=1S/C23H29FN2O2/c1-3-28-22(27)23(25-21-9-7-20(24)8-10-21)12-15-26(16-13-23)14-11-19-6-4-5-18(2)17-19/h4-10,17,25H,3,11-16H2,1-2H3. The smallest absolute Gasteiger partial charge is 0.331 e. The Morgan fingerprint density at radius 1 is 1.18 bits per heavy atom. The number of aryl methyl sites for hydroxylation is 1. The normalized spacial score (nSPS) is 16.5. The summed E-state index contributed by atoms with van der Waals surface area (Å²) in [5.41, 5.74) is 2.60. The lowest BCUT2D eigenvalue weighted by Crippen LogP contribution is -2.55. The third-order valence-electron chi connectivity index (χ3n) is 5.40. The number of hydrogen-bond donors (Lipinski definition) is 1.